The molecule has 4 atom stereocenters. The first-order valence-corrected chi connectivity index (χ1v) is 36.6. The highest BCUT2D eigenvalue weighted by atomic mass is 31.2. The van der Waals surface area contributed by atoms with Gasteiger partial charge >= 0.3 is 23.9 Å². The molecule has 0 aromatic heterocycles. The Hall–Kier alpha value is -4.23. The maximum Gasteiger partial charge on any atom is 0.342 e. The van der Waals surface area contributed by atoms with E-state index in [4.69, 9.17) is 42.8 Å². The molecule has 0 saturated carbocycles. The molecule has 0 amide bonds. The van der Waals surface area contributed by atoms with Crippen molar-refractivity contribution in [2.24, 2.45) is 0 Å². The molecule has 0 fully saturated rings. The number of aliphatic hydroxyl groups excluding tert-OH is 1. The van der Waals surface area contributed by atoms with Gasteiger partial charge in [0.25, 0.3) is 0 Å². The lowest BCUT2D eigenvalue weighted by Gasteiger charge is -2.22. The van der Waals surface area contributed by atoms with Crippen LogP contribution in [0.25, 0.3) is 0 Å². The van der Waals surface area contributed by atoms with Crippen LogP contribution in [-0.2, 0) is 68.2 Å². The summed E-state index contributed by atoms with van der Waals surface area (Å²) in [5, 5.41) is 8.48. The molecule has 0 radical (unpaired) electrons. The second-order valence-electron chi connectivity index (χ2n) is 20.9. The van der Waals surface area contributed by atoms with Gasteiger partial charge in [0.15, 0.2) is 6.10 Å². The zero-order valence-corrected chi connectivity index (χ0v) is 50.5. The van der Waals surface area contributed by atoms with E-state index in [2.05, 4.69) is 44.0 Å². The van der Waals surface area contributed by atoms with Gasteiger partial charge in [0.2, 0.25) is 14.7 Å². The predicted octanol–water partition coefficient (Wildman–Crippen LogP) is 10.5. The molecule has 2 aromatic rings. The number of carbonyl (C=O) groups excluding carboxylic acids is 4. The Labute approximate surface area is 435 Å². The number of aliphatic hydroxyl groups is 1. The summed E-state index contributed by atoms with van der Waals surface area (Å²) in [7, 11) is -5.71. The second kappa shape index (κ2) is 28.6. The Kier molecular flexibility index (Phi) is 25.4. The van der Waals surface area contributed by atoms with E-state index < -0.39 is 55.0 Å². The number of cyclic esters (lactones) is 2. The highest BCUT2D eigenvalue weighted by molar-refractivity contribution is 7.58. The fourth-order valence-electron chi connectivity index (χ4n) is 7.79. The number of methoxy groups -OCH3 is 2. The van der Waals surface area contributed by atoms with Gasteiger partial charge < -0.3 is 52.4 Å². The number of benzene rings is 2. The Balaban J connectivity index is 0.000000441. The van der Waals surface area contributed by atoms with E-state index in [1.807, 2.05) is 39.8 Å². The third-order valence-electron chi connectivity index (χ3n) is 11.5. The number of hydrogen-bond donors (Lipinski definition) is 2. The summed E-state index contributed by atoms with van der Waals surface area (Å²) in [4.78, 5) is 56.9. The number of ether oxygens (including phenoxy) is 8. The SMILES string of the molecule is CCOC(=O)[C@H](C)O.CCOC(=O)[C@H](C)OP(C)(=O)C/C(C)=C/Cc1c(OC)c(C)c2c(c1OCC[Si](C)(C)C)C(=O)OC2.COc1c(C)c2c(c(OCC[Si](C)(C)C)c1C/C=C(\C)CP(C)(=O)O)C(=O)OC2. The summed E-state index contributed by atoms with van der Waals surface area (Å²) < 4.78 is 74.2. The third kappa shape index (κ3) is 20.8. The molecule has 73 heavy (non-hydrogen) atoms. The van der Waals surface area contributed by atoms with Crippen LogP contribution in [0.15, 0.2) is 23.3 Å². The second-order valence-corrected chi connectivity index (χ2v) is 37.1. The minimum atomic E-state index is -3.14. The molecule has 2 N–H and O–H groups in total. The first-order valence-electron chi connectivity index (χ1n) is 24.6. The van der Waals surface area contributed by atoms with Crippen molar-refractivity contribution in [1.82, 2.24) is 0 Å². The number of hydrogen-bond acceptors (Lipinski definition) is 16. The van der Waals surface area contributed by atoms with Crippen LogP contribution < -0.4 is 18.9 Å². The number of rotatable bonds is 24. The molecule has 2 aromatic carbocycles. The molecule has 17 nitrogen and oxygen atoms in total. The number of fused-ring (bicyclic) bond motifs is 2. The van der Waals surface area contributed by atoms with Crippen LogP contribution >= 0.6 is 14.7 Å². The van der Waals surface area contributed by atoms with Crippen molar-refractivity contribution in [2.75, 3.05) is 66.3 Å². The average Bonchev–Trinajstić information content (AvgIpc) is 3.85. The lowest BCUT2D eigenvalue weighted by Crippen LogP contribution is -2.23. The van der Waals surface area contributed by atoms with E-state index in [0.717, 1.165) is 56.6 Å². The van der Waals surface area contributed by atoms with Gasteiger partial charge in [-0.1, -0.05) is 62.6 Å². The van der Waals surface area contributed by atoms with Gasteiger partial charge in [0.1, 0.15) is 53.4 Å². The largest absolute Gasteiger partial charge is 0.496 e. The number of esters is 4. The molecule has 412 valence electrons. The fourth-order valence-corrected chi connectivity index (χ4v) is 12.1. The van der Waals surface area contributed by atoms with Crippen LogP contribution in [0.3, 0.4) is 0 Å². The molecule has 4 rings (SSSR count). The minimum Gasteiger partial charge on any atom is -0.496 e. The van der Waals surface area contributed by atoms with Crippen molar-refractivity contribution in [3.63, 3.8) is 0 Å². The number of carbonyl (C=O) groups is 4. The Morgan fingerprint density at radius 3 is 1.40 bits per heavy atom. The summed E-state index contributed by atoms with van der Waals surface area (Å²) in [6, 6.07) is 1.90. The summed E-state index contributed by atoms with van der Waals surface area (Å²) >= 11 is 0. The highest BCUT2D eigenvalue weighted by Crippen LogP contribution is 2.47. The summed E-state index contributed by atoms with van der Waals surface area (Å²) in [6.45, 7) is 32.3. The van der Waals surface area contributed by atoms with E-state index >= 15 is 0 Å². The van der Waals surface area contributed by atoms with Crippen molar-refractivity contribution < 1.29 is 80.7 Å². The van der Waals surface area contributed by atoms with Gasteiger partial charge in [0.05, 0.1) is 40.6 Å². The molecule has 0 bridgehead atoms. The minimum absolute atomic E-state index is 0.132. The van der Waals surface area contributed by atoms with Crippen molar-refractivity contribution in [1.29, 1.82) is 0 Å². The topological polar surface area (TPSA) is 226 Å². The quantitative estimate of drug-likeness (QED) is 0.0328. The maximum atomic E-state index is 13.1. The van der Waals surface area contributed by atoms with Crippen LogP contribution in [0.4, 0.5) is 0 Å². The van der Waals surface area contributed by atoms with E-state index in [0.29, 0.717) is 66.8 Å². The van der Waals surface area contributed by atoms with E-state index in [1.165, 1.54) is 27.2 Å². The van der Waals surface area contributed by atoms with E-state index in [-0.39, 0.29) is 44.1 Å². The predicted molar refractivity (Wildman–Crippen MR) is 290 cm³/mol. The van der Waals surface area contributed by atoms with Gasteiger partial charge in [-0.3, -0.25) is 9.13 Å². The van der Waals surface area contributed by atoms with Crippen LogP contribution in [0.5, 0.6) is 23.0 Å². The van der Waals surface area contributed by atoms with E-state index in [9.17, 15) is 33.2 Å². The lowest BCUT2D eigenvalue weighted by molar-refractivity contribution is -0.152. The molecule has 0 spiro atoms. The van der Waals surface area contributed by atoms with Gasteiger partial charge in [-0.05, 0) is 91.4 Å². The van der Waals surface area contributed by atoms with Gasteiger partial charge in [-0.25, -0.2) is 19.2 Å². The molecule has 2 aliphatic heterocycles. The molecule has 2 aliphatic rings. The Bertz CT molecular complexity index is 2430. The van der Waals surface area contributed by atoms with Crippen LogP contribution in [-0.4, -0.2) is 129 Å². The van der Waals surface area contributed by atoms with Crippen molar-refractivity contribution >= 4 is 54.8 Å². The third-order valence-corrected chi connectivity index (χ3v) is 17.8. The summed E-state index contributed by atoms with van der Waals surface area (Å²) in [6.07, 6.45) is 3.10. The van der Waals surface area contributed by atoms with Crippen LogP contribution in [0.1, 0.15) is 95.6 Å². The molecular formula is C52H84O17P2Si2. The highest BCUT2D eigenvalue weighted by Gasteiger charge is 2.35. The average molecular weight is 1100 g/mol. The standard InChI is InChI=1S/C26H41O8PSi.C21H33O6PSi.C5H10O3/c1-10-31-25(27)19(4)34-35(6,29)16-17(2)11-12-20-23(30-5)18(3)21-15-33-26(28)22(21)24(20)32-13-14-36(7,8)9;1-14(13-28(4,23)24)8-9-16-19(25-3)15(2)17-12-27-21(22)18(17)20(16)26-10-11-29(5,6)7;1-3-8-5(7)4(2)6/h11,19H,10,12-16H2,1-9H3;8H,9-13H2,1-7H3,(H,23,24);4,6H,3H2,1-2H3/b17-11+;14-8+;/t19-,35?;;4-/m0.0/s1. The molecule has 0 saturated heterocycles. The Morgan fingerprint density at radius 1 is 0.685 bits per heavy atom. The summed E-state index contributed by atoms with van der Waals surface area (Å²) in [5.74, 6) is 0.507. The molecule has 2 unspecified atom stereocenters. The van der Waals surface area contributed by atoms with Gasteiger partial charge in [-0.15, -0.1) is 0 Å². The zero-order chi connectivity index (χ0) is 55.8. The maximum absolute atomic E-state index is 13.1. The smallest absolute Gasteiger partial charge is 0.342 e. The first kappa shape index (κ1) is 64.9. The molecule has 21 heteroatoms. The zero-order valence-electron chi connectivity index (χ0n) is 46.7. The van der Waals surface area contributed by atoms with Gasteiger partial charge in [-0.2, -0.15) is 0 Å². The lowest BCUT2D eigenvalue weighted by atomic mass is 9.95. The molecule has 2 heterocycles. The first-order chi connectivity index (χ1) is 33.7. The van der Waals surface area contributed by atoms with Crippen molar-refractivity contribution in [3.05, 3.63) is 67.8 Å². The van der Waals surface area contributed by atoms with E-state index in [1.54, 1.807) is 28.1 Å². The fraction of sp³-hybridized carbons (Fsp3) is 0.615. The van der Waals surface area contributed by atoms with Crippen LogP contribution in [0, 0.1) is 13.8 Å². The van der Waals surface area contributed by atoms with Gasteiger partial charge in [0, 0.05) is 64.1 Å². The molecular weight excluding hydrogens is 1010 g/mol. The van der Waals surface area contributed by atoms with Crippen molar-refractivity contribution in [2.45, 2.75) is 145 Å². The van der Waals surface area contributed by atoms with Crippen LogP contribution in [0.2, 0.25) is 51.4 Å². The normalized spacial score (nSPS) is 15.8. The van der Waals surface area contributed by atoms with Crippen molar-refractivity contribution in [3.8, 4) is 23.0 Å². The molecule has 0 aliphatic carbocycles. The Morgan fingerprint density at radius 2 is 1.07 bits per heavy atom. The number of allylic oxidation sites excluding steroid dienone is 4. The monoisotopic (exact) mass is 1100 g/mol. The summed E-state index contributed by atoms with van der Waals surface area (Å²) in [5.41, 5.74) is 7.47.